The number of nitrogens with zero attached hydrogens (tertiary/aromatic N) is 1. The molecule has 1 atom stereocenters. The minimum Gasteiger partial charge on any atom is -0.271 e. The van der Waals surface area contributed by atoms with Crippen LogP contribution in [0.5, 0.6) is 0 Å². The zero-order valence-electron chi connectivity index (χ0n) is 11.4. The summed E-state index contributed by atoms with van der Waals surface area (Å²) in [5.41, 5.74) is 3.93. The molecule has 19 heavy (non-hydrogen) atoms. The molecule has 0 saturated heterocycles. The lowest BCUT2D eigenvalue weighted by molar-refractivity contribution is 0.458. The van der Waals surface area contributed by atoms with Crippen molar-refractivity contribution in [2.24, 2.45) is 5.84 Å². The number of nitrogens with one attached hydrogen (secondary N) is 1. The molecule has 0 spiro atoms. The lowest BCUT2D eigenvalue weighted by Gasteiger charge is -2.15. The molecule has 6 heteroatoms. The van der Waals surface area contributed by atoms with Crippen LogP contribution in [-0.4, -0.2) is 30.9 Å². The van der Waals surface area contributed by atoms with E-state index in [1.807, 2.05) is 18.3 Å². The number of sulfone groups is 1. The van der Waals surface area contributed by atoms with E-state index in [0.29, 0.717) is 6.42 Å². The molecular formula is C13H23N3O2S. The van der Waals surface area contributed by atoms with Crippen molar-refractivity contribution in [3.8, 4) is 0 Å². The molecule has 0 aromatic carbocycles. The van der Waals surface area contributed by atoms with E-state index in [0.717, 1.165) is 19.3 Å². The van der Waals surface area contributed by atoms with Gasteiger partial charge < -0.3 is 0 Å². The van der Waals surface area contributed by atoms with Gasteiger partial charge in [0.1, 0.15) is 9.84 Å². The average Bonchev–Trinajstić information content (AvgIpc) is 2.43. The molecule has 1 unspecified atom stereocenters. The maximum Gasteiger partial charge on any atom is 0.150 e. The first-order valence-electron chi connectivity index (χ1n) is 6.63. The number of aryl methyl sites for hydroxylation is 1. The van der Waals surface area contributed by atoms with Gasteiger partial charge in [0, 0.05) is 24.2 Å². The number of hydrogen-bond donors (Lipinski definition) is 2. The first-order chi connectivity index (χ1) is 9.07. The van der Waals surface area contributed by atoms with Crippen molar-refractivity contribution in [2.75, 3.05) is 11.5 Å². The fourth-order valence-corrected chi connectivity index (χ4v) is 2.79. The van der Waals surface area contributed by atoms with Crippen LogP contribution in [0.2, 0.25) is 0 Å². The molecule has 3 N–H and O–H groups in total. The van der Waals surface area contributed by atoms with Crippen molar-refractivity contribution in [3.63, 3.8) is 0 Å². The number of aromatic nitrogens is 1. The van der Waals surface area contributed by atoms with E-state index in [1.165, 1.54) is 5.56 Å². The summed E-state index contributed by atoms with van der Waals surface area (Å²) < 4.78 is 22.8. The highest BCUT2D eigenvalue weighted by molar-refractivity contribution is 7.91. The molecule has 1 aromatic rings. The molecule has 1 rings (SSSR count). The van der Waals surface area contributed by atoms with Crippen molar-refractivity contribution >= 4 is 9.84 Å². The summed E-state index contributed by atoms with van der Waals surface area (Å²) in [5, 5.41) is 0. The van der Waals surface area contributed by atoms with E-state index in [4.69, 9.17) is 5.84 Å². The van der Waals surface area contributed by atoms with Crippen molar-refractivity contribution in [1.82, 2.24) is 10.4 Å². The molecule has 1 aromatic heterocycles. The summed E-state index contributed by atoms with van der Waals surface area (Å²) in [7, 11) is -2.87. The van der Waals surface area contributed by atoms with Crippen LogP contribution >= 0.6 is 0 Å². The van der Waals surface area contributed by atoms with Gasteiger partial charge in [0.15, 0.2) is 0 Å². The standard InChI is InChI=1S/C13H23N3O2S/c1-2-19(17,18)10-4-6-13(16-14)8-7-12-5-3-9-15-11-12/h3,5,9,11,13,16H,2,4,6-8,10,14H2,1H3. The van der Waals surface area contributed by atoms with Crippen LogP contribution in [0.3, 0.4) is 0 Å². The molecule has 0 saturated carbocycles. The quantitative estimate of drug-likeness (QED) is 0.523. The molecule has 0 fully saturated rings. The molecule has 0 aliphatic heterocycles. The maximum atomic E-state index is 11.4. The van der Waals surface area contributed by atoms with E-state index in [1.54, 1.807) is 13.1 Å². The topological polar surface area (TPSA) is 85.1 Å². The predicted octanol–water partition coefficient (Wildman–Crippen LogP) is 1.06. The van der Waals surface area contributed by atoms with Gasteiger partial charge in [0.2, 0.25) is 0 Å². The highest BCUT2D eigenvalue weighted by Gasteiger charge is 2.11. The number of pyridine rings is 1. The van der Waals surface area contributed by atoms with Gasteiger partial charge in [-0.05, 0) is 37.3 Å². The molecule has 0 amide bonds. The Morgan fingerprint density at radius 3 is 2.79 bits per heavy atom. The van der Waals surface area contributed by atoms with Gasteiger partial charge in [0.05, 0.1) is 5.75 Å². The molecule has 5 nitrogen and oxygen atoms in total. The van der Waals surface area contributed by atoms with Crippen LogP contribution in [0.1, 0.15) is 31.7 Å². The predicted molar refractivity (Wildman–Crippen MR) is 77.2 cm³/mol. The summed E-state index contributed by atoms with van der Waals surface area (Å²) >= 11 is 0. The van der Waals surface area contributed by atoms with Crippen molar-refractivity contribution in [2.45, 2.75) is 38.6 Å². The molecule has 0 bridgehead atoms. The summed E-state index contributed by atoms with van der Waals surface area (Å²) in [4.78, 5) is 4.06. The van der Waals surface area contributed by atoms with E-state index >= 15 is 0 Å². The normalized spacial score (nSPS) is 13.4. The van der Waals surface area contributed by atoms with Crippen LogP contribution in [0, 0.1) is 0 Å². The third kappa shape index (κ3) is 6.66. The van der Waals surface area contributed by atoms with Crippen LogP contribution in [-0.2, 0) is 16.3 Å². The second-order valence-electron chi connectivity index (χ2n) is 4.64. The van der Waals surface area contributed by atoms with Gasteiger partial charge in [-0.3, -0.25) is 16.3 Å². The number of hydrazine groups is 1. The Kier molecular flexibility index (Phi) is 6.97. The smallest absolute Gasteiger partial charge is 0.150 e. The monoisotopic (exact) mass is 285 g/mol. The van der Waals surface area contributed by atoms with Crippen LogP contribution in [0.15, 0.2) is 24.5 Å². The Morgan fingerprint density at radius 2 is 2.21 bits per heavy atom. The molecular weight excluding hydrogens is 262 g/mol. The maximum absolute atomic E-state index is 11.4. The first kappa shape index (κ1) is 16.1. The van der Waals surface area contributed by atoms with Crippen LogP contribution in [0.4, 0.5) is 0 Å². The number of hydrogen-bond acceptors (Lipinski definition) is 5. The zero-order valence-corrected chi connectivity index (χ0v) is 12.2. The molecule has 0 aliphatic rings. The fraction of sp³-hybridized carbons (Fsp3) is 0.615. The van der Waals surface area contributed by atoms with Gasteiger partial charge in [0.25, 0.3) is 0 Å². The number of nitrogens with two attached hydrogens (primary N) is 1. The first-order valence-corrected chi connectivity index (χ1v) is 8.45. The highest BCUT2D eigenvalue weighted by atomic mass is 32.2. The lowest BCUT2D eigenvalue weighted by atomic mass is 10.0. The second-order valence-corrected chi connectivity index (χ2v) is 7.11. The Balaban J connectivity index is 2.30. The van der Waals surface area contributed by atoms with Gasteiger partial charge in [-0.1, -0.05) is 13.0 Å². The average molecular weight is 285 g/mol. The minimum atomic E-state index is -2.87. The van der Waals surface area contributed by atoms with Gasteiger partial charge >= 0.3 is 0 Å². The number of rotatable bonds is 9. The third-order valence-electron chi connectivity index (χ3n) is 3.19. The second kappa shape index (κ2) is 8.24. The Bertz CT molecular complexity index is 448. The van der Waals surface area contributed by atoms with E-state index in [2.05, 4.69) is 10.4 Å². The highest BCUT2D eigenvalue weighted by Crippen LogP contribution is 2.08. The summed E-state index contributed by atoms with van der Waals surface area (Å²) in [6.07, 6.45) is 6.79. The van der Waals surface area contributed by atoms with Gasteiger partial charge in [-0.25, -0.2) is 8.42 Å². The summed E-state index contributed by atoms with van der Waals surface area (Å²) in [6, 6.07) is 4.09. The Morgan fingerprint density at radius 1 is 1.42 bits per heavy atom. The fourth-order valence-electron chi connectivity index (χ4n) is 1.89. The van der Waals surface area contributed by atoms with Gasteiger partial charge in [-0.15, -0.1) is 0 Å². The largest absolute Gasteiger partial charge is 0.271 e. The van der Waals surface area contributed by atoms with Crippen LogP contribution in [0.25, 0.3) is 0 Å². The molecule has 0 radical (unpaired) electrons. The SMILES string of the molecule is CCS(=O)(=O)CCCC(CCc1cccnc1)NN. The third-order valence-corrected chi connectivity index (χ3v) is 4.98. The summed E-state index contributed by atoms with van der Waals surface area (Å²) in [6.45, 7) is 1.68. The van der Waals surface area contributed by atoms with Gasteiger partial charge in [-0.2, -0.15) is 0 Å². The van der Waals surface area contributed by atoms with Crippen LogP contribution < -0.4 is 11.3 Å². The van der Waals surface area contributed by atoms with Crippen molar-refractivity contribution < 1.29 is 8.42 Å². The Labute approximate surface area is 115 Å². The lowest BCUT2D eigenvalue weighted by Crippen LogP contribution is -2.35. The molecule has 0 aliphatic carbocycles. The van der Waals surface area contributed by atoms with Crippen molar-refractivity contribution in [3.05, 3.63) is 30.1 Å². The van der Waals surface area contributed by atoms with E-state index in [9.17, 15) is 8.42 Å². The summed E-state index contributed by atoms with van der Waals surface area (Å²) in [5.74, 6) is 5.96. The van der Waals surface area contributed by atoms with E-state index in [-0.39, 0.29) is 17.5 Å². The zero-order chi connectivity index (χ0) is 14.1. The molecule has 1 heterocycles. The van der Waals surface area contributed by atoms with Crippen molar-refractivity contribution in [1.29, 1.82) is 0 Å². The molecule has 108 valence electrons. The Hall–Kier alpha value is -0.980. The van der Waals surface area contributed by atoms with E-state index < -0.39 is 9.84 Å². The minimum absolute atomic E-state index is 0.146.